The first-order valence-corrected chi connectivity index (χ1v) is 10.1. The Morgan fingerprint density at radius 2 is 1.50 bits per heavy atom. The zero-order valence-electron chi connectivity index (χ0n) is 16.8. The molecule has 0 heterocycles. The Morgan fingerprint density at radius 3 is 1.93 bits per heavy atom. The van der Waals surface area contributed by atoms with Crippen LogP contribution in [0.25, 0.3) is 0 Å². The molecule has 30 heavy (non-hydrogen) atoms. The lowest BCUT2D eigenvalue weighted by molar-refractivity contribution is -0.123. The molecule has 0 aliphatic rings. The molecule has 1 atom stereocenters. The number of benzene rings is 2. The van der Waals surface area contributed by atoms with Crippen molar-refractivity contribution < 1.29 is 37.0 Å². The molecule has 1 unspecified atom stereocenters. The van der Waals surface area contributed by atoms with E-state index >= 15 is 0 Å². The van der Waals surface area contributed by atoms with Crippen LogP contribution >= 0.6 is 0 Å². The van der Waals surface area contributed by atoms with Crippen LogP contribution in [0.4, 0.5) is 5.69 Å². The Labute approximate surface area is 173 Å². The molecule has 0 saturated heterocycles. The van der Waals surface area contributed by atoms with Crippen molar-refractivity contribution in [3.05, 3.63) is 42.0 Å². The summed E-state index contributed by atoms with van der Waals surface area (Å²) >= 11 is 0. The summed E-state index contributed by atoms with van der Waals surface area (Å²) in [6.45, 7) is 1.39. The van der Waals surface area contributed by atoms with Crippen molar-refractivity contribution in [3.63, 3.8) is 0 Å². The van der Waals surface area contributed by atoms with Gasteiger partial charge in [-0.2, -0.15) is 0 Å². The summed E-state index contributed by atoms with van der Waals surface area (Å²) in [5.41, 5.74) is 0.407. The van der Waals surface area contributed by atoms with Gasteiger partial charge in [-0.3, -0.25) is 4.79 Å². The highest BCUT2D eigenvalue weighted by Crippen LogP contribution is 2.38. The van der Waals surface area contributed by atoms with E-state index < -0.39 is 28.0 Å². The number of hydrogen-bond acceptors (Lipinski definition) is 8. The van der Waals surface area contributed by atoms with Crippen LogP contribution in [0.2, 0.25) is 0 Å². The third-order valence-electron chi connectivity index (χ3n) is 4.00. The molecule has 0 fully saturated rings. The maximum Gasteiger partial charge on any atom is 0.339 e. The minimum Gasteiger partial charge on any atom is -0.493 e. The molecular formula is C19H22N2O8S. The molecule has 2 aromatic rings. The maximum atomic E-state index is 12.5. The van der Waals surface area contributed by atoms with Gasteiger partial charge >= 0.3 is 5.97 Å². The predicted molar refractivity (Wildman–Crippen MR) is 107 cm³/mol. The lowest BCUT2D eigenvalue weighted by Crippen LogP contribution is -2.30. The van der Waals surface area contributed by atoms with Crippen molar-refractivity contribution in [1.82, 2.24) is 0 Å². The molecule has 3 N–H and O–H groups in total. The van der Waals surface area contributed by atoms with Crippen LogP contribution in [0.1, 0.15) is 17.3 Å². The largest absolute Gasteiger partial charge is 0.493 e. The van der Waals surface area contributed by atoms with E-state index in [0.717, 1.165) is 0 Å². The zero-order valence-corrected chi connectivity index (χ0v) is 17.6. The number of carbonyl (C=O) groups excluding carboxylic acids is 2. The fourth-order valence-corrected chi connectivity index (χ4v) is 2.97. The van der Waals surface area contributed by atoms with Gasteiger partial charge in [0.05, 0.1) is 31.8 Å². The van der Waals surface area contributed by atoms with Gasteiger partial charge in [-0.05, 0) is 43.3 Å². The molecule has 10 nitrogen and oxygen atoms in total. The Morgan fingerprint density at radius 1 is 0.967 bits per heavy atom. The Hall–Kier alpha value is -3.31. The van der Waals surface area contributed by atoms with Crippen molar-refractivity contribution in [3.8, 4) is 17.2 Å². The predicted octanol–water partition coefficient (Wildman–Crippen LogP) is 1.54. The van der Waals surface area contributed by atoms with Crippen LogP contribution in [0.3, 0.4) is 0 Å². The number of ether oxygens (including phenoxy) is 4. The molecule has 11 heteroatoms. The van der Waals surface area contributed by atoms with Gasteiger partial charge in [0.15, 0.2) is 17.6 Å². The van der Waals surface area contributed by atoms with E-state index in [2.05, 4.69) is 5.32 Å². The van der Waals surface area contributed by atoms with E-state index in [1.807, 2.05) is 0 Å². The molecule has 1 amide bonds. The lowest BCUT2D eigenvalue weighted by Gasteiger charge is -2.16. The third kappa shape index (κ3) is 5.39. The van der Waals surface area contributed by atoms with Crippen LogP contribution in [0.15, 0.2) is 41.3 Å². The number of sulfonamides is 1. The van der Waals surface area contributed by atoms with Crippen molar-refractivity contribution in [2.45, 2.75) is 17.9 Å². The topological polar surface area (TPSA) is 143 Å². The highest BCUT2D eigenvalue weighted by molar-refractivity contribution is 7.89. The monoisotopic (exact) mass is 438 g/mol. The SMILES string of the molecule is COc1cc(C(=O)OC(C)C(=O)Nc2ccc(S(N)(=O)=O)cc2)cc(OC)c1OC. The molecular weight excluding hydrogens is 416 g/mol. The summed E-state index contributed by atoms with van der Waals surface area (Å²) in [6.07, 6.45) is -1.14. The molecule has 0 saturated carbocycles. The van der Waals surface area contributed by atoms with Crippen LogP contribution < -0.4 is 24.7 Å². The number of carbonyl (C=O) groups is 2. The zero-order chi connectivity index (χ0) is 22.5. The number of nitrogens with one attached hydrogen (secondary N) is 1. The molecule has 0 spiro atoms. The van der Waals surface area contributed by atoms with Crippen molar-refractivity contribution in [2.24, 2.45) is 5.14 Å². The molecule has 0 radical (unpaired) electrons. The van der Waals surface area contributed by atoms with Gasteiger partial charge in [-0.1, -0.05) is 0 Å². The number of rotatable bonds is 8. The molecule has 0 aromatic heterocycles. The third-order valence-corrected chi connectivity index (χ3v) is 4.93. The van der Waals surface area contributed by atoms with Gasteiger partial charge in [0.1, 0.15) is 0 Å². The Kier molecular flexibility index (Phi) is 7.24. The molecule has 0 bridgehead atoms. The first-order valence-electron chi connectivity index (χ1n) is 8.55. The van der Waals surface area contributed by atoms with Crippen molar-refractivity contribution in [1.29, 1.82) is 0 Å². The quantitative estimate of drug-likeness (QED) is 0.591. The molecule has 2 aromatic carbocycles. The number of primary sulfonamides is 1. The second kappa shape index (κ2) is 9.46. The second-order valence-corrected chi connectivity index (χ2v) is 7.58. The summed E-state index contributed by atoms with van der Waals surface area (Å²) in [5, 5.41) is 7.55. The van der Waals surface area contributed by atoms with E-state index in [-0.39, 0.29) is 22.0 Å². The number of anilines is 1. The number of methoxy groups -OCH3 is 3. The fourth-order valence-electron chi connectivity index (χ4n) is 2.45. The number of nitrogens with two attached hydrogens (primary N) is 1. The first kappa shape index (κ1) is 23.0. The standard InChI is InChI=1S/C19H22N2O8S/c1-11(18(22)21-13-5-7-14(8-6-13)30(20,24)25)29-19(23)12-9-15(26-2)17(28-4)16(10-12)27-3/h5-11H,1-4H3,(H,21,22)(H2,20,24,25). The average molecular weight is 438 g/mol. The second-order valence-electron chi connectivity index (χ2n) is 6.02. The number of amides is 1. The Balaban J connectivity index is 2.10. The maximum absolute atomic E-state index is 12.5. The van der Waals surface area contributed by atoms with Crippen LogP contribution in [0, 0.1) is 0 Å². The minimum atomic E-state index is -3.84. The Bertz CT molecular complexity index is 1010. The minimum absolute atomic E-state index is 0.0950. The van der Waals surface area contributed by atoms with Gasteiger partial charge in [0.25, 0.3) is 5.91 Å². The van der Waals surface area contributed by atoms with Crippen molar-refractivity contribution in [2.75, 3.05) is 26.6 Å². The summed E-state index contributed by atoms with van der Waals surface area (Å²) < 4.78 is 43.3. The van der Waals surface area contributed by atoms with E-state index in [4.69, 9.17) is 24.1 Å². The first-order chi connectivity index (χ1) is 14.1. The van der Waals surface area contributed by atoms with Gasteiger partial charge in [-0.25, -0.2) is 18.4 Å². The number of esters is 1. The fraction of sp³-hybridized carbons (Fsp3) is 0.263. The summed E-state index contributed by atoms with van der Waals surface area (Å²) in [4.78, 5) is 24.7. The molecule has 162 valence electrons. The molecule has 0 aliphatic carbocycles. The number of hydrogen-bond donors (Lipinski definition) is 2. The van der Waals surface area contributed by atoms with Gasteiger partial charge in [-0.15, -0.1) is 0 Å². The summed E-state index contributed by atoms with van der Waals surface area (Å²) in [6, 6.07) is 8.03. The highest BCUT2D eigenvalue weighted by atomic mass is 32.2. The van der Waals surface area contributed by atoms with Crippen LogP contribution in [-0.2, 0) is 19.6 Å². The van der Waals surface area contributed by atoms with Gasteiger partial charge in [0.2, 0.25) is 15.8 Å². The molecule has 2 rings (SSSR count). The smallest absolute Gasteiger partial charge is 0.339 e. The van der Waals surface area contributed by atoms with Crippen LogP contribution in [-0.4, -0.2) is 47.7 Å². The van der Waals surface area contributed by atoms with E-state index in [1.165, 1.54) is 64.7 Å². The summed E-state index contributed by atoms with van der Waals surface area (Å²) in [5.74, 6) is -0.558. The lowest BCUT2D eigenvalue weighted by atomic mass is 10.2. The van der Waals surface area contributed by atoms with E-state index in [9.17, 15) is 18.0 Å². The van der Waals surface area contributed by atoms with E-state index in [0.29, 0.717) is 11.4 Å². The average Bonchev–Trinajstić information content (AvgIpc) is 2.72. The van der Waals surface area contributed by atoms with E-state index in [1.54, 1.807) is 0 Å². The highest BCUT2D eigenvalue weighted by Gasteiger charge is 2.22. The van der Waals surface area contributed by atoms with Crippen molar-refractivity contribution >= 4 is 27.6 Å². The molecule has 0 aliphatic heterocycles. The van der Waals surface area contributed by atoms with Gasteiger partial charge < -0.3 is 24.3 Å². The normalized spacial score (nSPS) is 11.9. The van der Waals surface area contributed by atoms with Gasteiger partial charge in [0, 0.05) is 5.69 Å². The van der Waals surface area contributed by atoms with Crippen LogP contribution in [0.5, 0.6) is 17.2 Å². The summed E-state index contributed by atoms with van der Waals surface area (Å²) in [7, 11) is 0.405.